The van der Waals surface area contributed by atoms with Gasteiger partial charge in [-0.15, -0.1) is 0 Å². The fourth-order valence-electron chi connectivity index (χ4n) is 3.46. The van der Waals surface area contributed by atoms with Gasteiger partial charge in [-0.2, -0.15) is 0 Å². The lowest BCUT2D eigenvalue weighted by molar-refractivity contribution is -0.0675. The van der Waals surface area contributed by atoms with Crippen LogP contribution in [-0.4, -0.2) is 56.1 Å². The lowest BCUT2D eigenvalue weighted by Crippen LogP contribution is -2.48. The second kappa shape index (κ2) is 9.93. The minimum Gasteiger partial charge on any atom is -0.444 e. The molecule has 0 aromatic carbocycles. The number of carbonyl (C=O) groups is 1. The molecule has 1 saturated heterocycles. The van der Waals surface area contributed by atoms with Crippen LogP contribution in [0.4, 0.5) is 4.79 Å². The molecule has 0 radical (unpaired) electrons. The van der Waals surface area contributed by atoms with Gasteiger partial charge in [0.1, 0.15) is 5.60 Å². The smallest absolute Gasteiger partial charge is 0.410 e. The molecule has 1 saturated carbocycles. The summed E-state index contributed by atoms with van der Waals surface area (Å²) >= 11 is 0. The highest BCUT2D eigenvalue weighted by atomic mass is 16.6. The van der Waals surface area contributed by atoms with E-state index in [1.54, 1.807) is 0 Å². The molecule has 26 heavy (non-hydrogen) atoms. The lowest BCUT2D eigenvalue weighted by Gasteiger charge is -2.42. The standard InChI is InChI=1S/C21H39NO4/c1-5-6-14-24-16-21(17-25-15-18-8-7-9-18)10-12-22(13-11-21)19(23)26-20(2,3)4/h18H,5-17H2,1-4H3. The van der Waals surface area contributed by atoms with Gasteiger partial charge in [-0.1, -0.05) is 19.8 Å². The van der Waals surface area contributed by atoms with Crippen LogP contribution in [0.5, 0.6) is 0 Å². The molecule has 5 heteroatoms. The van der Waals surface area contributed by atoms with Gasteiger partial charge in [0, 0.05) is 31.7 Å². The van der Waals surface area contributed by atoms with Crippen molar-refractivity contribution in [3.8, 4) is 0 Å². The fraction of sp³-hybridized carbons (Fsp3) is 0.952. The molecule has 0 aromatic heterocycles. The molecule has 1 amide bonds. The summed E-state index contributed by atoms with van der Waals surface area (Å²) in [6.07, 6.45) is 7.86. The Morgan fingerprint density at radius 3 is 2.31 bits per heavy atom. The Bertz CT molecular complexity index is 420. The second-order valence-corrected chi connectivity index (χ2v) is 9.19. The molecule has 1 aliphatic carbocycles. The first-order chi connectivity index (χ1) is 12.3. The molecule has 1 heterocycles. The van der Waals surface area contributed by atoms with Crippen molar-refractivity contribution in [2.24, 2.45) is 11.3 Å². The van der Waals surface area contributed by atoms with Gasteiger partial charge in [-0.3, -0.25) is 0 Å². The molecule has 0 spiro atoms. The Morgan fingerprint density at radius 1 is 1.12 bits per heavy atom. The van der Waals surface area contributed by atoms with Crippen molar-refractivity contribution in [3.05, 3.63) is 0 Å². The molecule has 2 rings (SSSR count). The molecule has 2 fully saturated rings. The van der Waals surface area contributed by atoms with E-state index >= 15 is 0 Å². The van der Waals surface area contributed by atoms with Crippen molar-refractivity contribution in [2.75, 3.05) is 39.5 Å². The summed E-state index contributed by atoms with van der Waals surface area (Å²) in [5, 5.41) is 0. The molecule has 0 bridgehead atoms. The highest BCUT2D eigenvalue weighted by Gasteiger charge is 2.38. The van der Waals surface area contributed by atoms with Crippen LogP contribution in [0.3, 0.4) is 0 Å². The Labute approximate surface area is 159 Å². The summed E-state index contributed by atoms with van der Waals surface area (Å²) in [4.78, 5) is 14.1. The minimum atomic E-state index is -0.444. The van der Waals surface area contributed by atoms with Crippen LogP contribution < -0.4 is 0 Å². The van der Waals surface area contributed by atoms with Gasteiger partial charge in [-0.05, 0) is 58.8 Å². The largest absolute Gasteiger partial charge is 0.444 e. The summed E-state index contributed by atoms with van der Waals surface area (Å²) in [6.45, 7) is 12.5. The molecule has 0 atom stereocenters. The maximum atomic E-state index is 12.3. The van der Waals surface area contributed by atoms with Crippen LogP contribution in [0.1, 0.15) is 72.6 Å². The molecule has 152 valence electrons. The fourth-order valence-corrected chi connectivity index (χ4v) is 3.46. The SMILES string of the molecule is CCCCOCC1(COCC2CCC2)CCN(C(=O)OC(C)(C)C)CC1. The zero-order chi connectivity index (χ0) is 19.0. The van der Waals surface area contributed by atoms with Gasteiger partial charge in [0.25, 0.3) is 0 Å². The number of amides is 1. The van der Waals surface area contributed by atoms with Crippen molar-refractivity contribution in [3.63, 3.8) is 0 Å². The van der Waals surface area contributed by atoms with Crippen LogP contribution in [0.15, 0.2) is 0 Å². The van der Waals surface area contributed by atoms with Crippen LogP contribution >= 0.6 is 0 Å². The molecular formula is C21H39NO4. The number of ether oxygens (including phenoxy) is 3. The summed E-state index contributed by atoms with van der Waals surface area (Å²) in [5.74, 6) is 0.759. The zero-order valence-corrected chi connectivity index (χ0v) is 17.3. The van der Waals surface area contributed by atoms with E-state index in [0.717, 1.165) is 71.1 Å². The number of likely N-dealkylation sites (tertiary alicyclic amines) is 1. The van der Waals surface area contributed by atoms with E-state index in [2.05, 4.69) is 6.92 Å². The van der Waals surface area contributed by atoms with Crippen molar-refractivity contribution in [2.45, 2.75) is 78.2 Å². The highest BCUT2D eigenvalue weighted by molar-refractivity contribution is 5.68. The number of unbranched alkanes of at least 4 members (excludes halogenated alkanes) is 1. The van der Waals surface area contributed by atoms with Gasteiger partial charge >= 0.3 is 6.09 Å². The van der Waals surface area contributed by atoms with Crippen LogP contribution in [0.25, 0.3) is 0 Å². The number of rotatable bonds is 9. The maximum absolute atomic E-state index is 12.3. The molecule has 5 nitrogen and oxygen atoms in total. The minimum absolute atomic E-state index is 0.0377. The van der Waals surface area contributed by atoms with Gasteiger partial charge in [-0.25, -0.2) is 4.79 Å². The Hall–Kier alpha value is -0.810. The highest BCUT2D eigenvalue weighted by Crippen LogP contribution is 2.34. The molecule has 0 aromatic rings. The van der Waals surface area contributed by atoms with Crippen molar-refractivity contribution >= 4 is 6.09 Å². The topological polar surface area (TPSA) is 48.0 Å². The van der Waals surface area contributed by atoms with Crippen LogP contribution in [0, 0.1) is 11.3 Å². The van der Waals surface area contributed by atoms with E-state index in [0.29, 0.717) is 0 Å². The monoisotopic (exact) mass is 369 g/mol. The first-order valence-electron chi connectivity index (χ1n) is 10.5. The number of nitrogens with zero attached hydrogens (tertiary/aromatic N) is 1. The average Bonchev–Trinajstić information content (AvgIpc) is 2.53. The first kappa shape index (κ1) is 21.5. The van der Waals surface area contributed by atoms with Crippen LogP contribution in [0.2, 0.25) is 0 Å². The third-order valence-electron chi connectivity index (χ3n) is 5.51. The predicted octanol–water partition coefficient (Wildman–Crippen LogP) is 4.64. The zero-order valence-electron chi connectivity index (χ0n) is 17.3. The third-order valence-corrected chi connectivity index (χ3v) is 5.51. The molecule has 2 aliphatic rings. The number of carbonyl (C=O) groups excluding carboxylic acids is 1. The van der Waals surface area contributed by atoms with Crippen LogP contribution in [-0.2, 0) is 14.2 Å². The molecular weight excluding hydrogens is 330 g/mol. The number of hydrogen-bond donors (Lipinski definition) is 0. The second-order valence-electron chi connectivity index (χ2n) is 9.19. The summed E-state index contributed by atoms with van der Waals surface area (Å²) in [7, 11) is 0. The molecule has 0 N–H and O–H groups in total. The van der Waals surface area contributed by atoms with E-state index in [9.17, 15) is 4.79 Å². The summed E-state index contributed by atoms with van der Waals surface area (Å²) < 4.78 is 17.6. The van der Waals surface area contributed by atoms with Crippen molar-refractivity contribution in [1.82, 2.24) is 4.90 Å². The van der Waals surface area contributed by atoms with Gasteiger partial charge in [0.15, 0.2) is 0 Å². The predicted molar refractivity (Wildman–Crippen MR) is 103 cm³/mol. The van der Waals surface area contributed by atoms with E-state index < -0.39 is 5.60 Å². The lowest BCUT2D eigenvalue weighted by atomic mass is 9.79. The van der Waals surface area contributed by atoms with Gasteiger partial charge in [0.2, 0.25) is 0 Å². The summed E-state index contributed by atoms with van der Waals surface area (Å²) in [5.41, 5.74) is -0.406. The van der Waals surface area contributed by atoms with Crippen molar-refractivity contribution < 1.29 is 19.0 Å². The third kappa shape index (κ3) is 7.07. The van der Waals surface area contributed by atoms with E-state index in [4.69, 9.17) is 14.2 Å². The summed E-state index contributed by atoms with van der Waals surface area (Å²) in [6, 6.07) is 0. The van der Waals surface area contributed by atoms with E-state index in [1.165, 1.54) is 19.3 Å². The van der Waals surface area contributed by atoms with Gasteiger partial charge in [0.05, 0.1) is 13.2 Å². The van der Waals surface area contributed by atoms with Gasteiger partial charge < -0.3 is 19.1 Å². The average molecular weight is 370 g/mol. The van der Waals surface area contributed by atoms with E-state index in [-0.39, 0.29) is 11.5 Å². The molecule has 1 aliphatic heterocycles. The number of piperidine rings is 1. The van der Waals surface area contributed by atoms with Crippen molar-refractivity contribution in [1.29, 1.82) is 0 Å². The maximum Gasteiger partial charge on any atom is 0.410 e. The molecule has 0 unspecified atom stereocenters. The van der Waals surface area contributed by atoms with E-state index in [1.807, 2.05) is 25.7 Å². The Kier molecular flexibility index (Phi) is 8.21. The Morgan fingerprint density at radius 2 is 1.77 bits per heavy atom. The quantitative estimate of drug-likeness (QED) is 0.556. The Balaban J connectivity index is 1.82. The first-order valence-corrected chi connectivity index (χ1v) is 10.5. The number of hydrogen-bond acceptors (Lipinski definition) is 4. The normalized spacial score (nSPS) is 20.7.